The SMILES string of the molecule is OC(Cn1cnnn1)(c1ccc(F)cc1F)C(F)(F)c1ccc(-c2ccc(N3CCOCC3)cc2)cn1. The van der Waals surface area contributed by atoms with E-state index in [-0.39, 0.29) is 0 Å². The van der Waals surface area contributed by atoms with Crippen LogP contribution in [-0.4, -0.2) is 56.6 Å². The molecule has 4 aromatic rings. The summed E-state index contributed by atoms with van der Waals surface area (Å²) in [7, 11) is 0. The number of rotatable bonds is 7. The molecular weight excluding hydrogens is 492 g/mol. The summed E-state index contributed by atoms with van der Waals surface area (Å²) in [5.74, 6) is -6.43. The molecule has 3 heterocycles. The summed E-state index contributed by atoms with van der Waals surface area (Å²) in [6.07, 6.45) is 2.25. The summed E-state index contributed by atoms with van der Waals surface area (Å²) in [5.41, 5.74) is -2.45. The van der Waals surface area contributed by atoms with Crippen LogP contribution in [0.5, 0.6) is 0 Å². The molecule has 1 aliphatic rings. The van der Waals surface area contributed by atoms with Crippen molar-refractivity contribution in [3.8, 4) is 11.1 Å². The molecule has 2 aromatic carbocycles. The van der Waals surface area contributed by atoms with Crippen LogP contribution in [0.1, 0.15) is 11.3 Å². The van der Waals surface area contributed by atoms with Gasteiger partial charge in [-0.2, -0.15) is 8.78 Å². The number of tetrazole rings is 1. The lowest BCUT2D eigenvalue weighted by atomic mass is 9.84. The lowest BCUT2D eigenvalue weighted by molar-refractivity contribution is -0.207. The molecule has 1 saturated heterocycles. The highest BCUT2D eigenvalue weighted by Gasteiger charge is 2.58. The van der Waals surface area contributed by atoms with Crippen molar-refractivity contribution in [2.24, 2.45) is 0 Å². The van der Waals surface area contributed by atoms with Crippen LogP contribution in [0, 0.1) is 11.6 Å². The number of aromatic nitrogens is 5. The second kappa shape index (κ2) is 9.87. The third-order valence-corrected chi connectivity index (χ3v) is 6.34. The maximum absolute atomic E-state index is 15.9. The van der Waals surface area contributed by atoms with Crippen molar-refractivity contribution in [3.05, 3.63) is 90.0 Å². The van der Waals surface area contributed by atoms with Crippen molar-refractivity contribution in [1.82, 2.24) is 25.2 Å². The Morgan fingerprint density at radius 1 is 0.946 bits per heavy atom. The normalized spacial score (nSPS) is 16.0. The van der Waals surface area contributed by atoms with Gasteiger partial charge in [-0.15, -0.1) is 5.10 Å². The Balaban J connectivity index is 1.45. The highest BCUT2D eigenvalue weighted by atomic mass is 19.3. The van der Waals surface area contributed by atoms with Gasteiger partial charge in [-0.25, -0.2) is 13.5 Å². The number of hydrogen-bond acceptors (Lipinski definition) is 7. The van der Waals surface area contributed by atoms with E-state index in [1.165, 1.54) is 12.3 Å². The third-order valence-electron chi connectivity index (χ3n) is 6.34. The van der Waals surface area contributed by atoms with E-state index in [0.29, 0.717) is 24.8 Å². The number of halogens is 4. The monoisotopic (exact) mass is 514 g/mol. The molecule has 37 heavy (non-hydrogen) atoms. The van der Waals surface area contributed by atoms with Crippen molar-refractivity contribution in [2.75, 3.05) is 31.2 Å². The van der Waals surface area contributed by atoms with Crippen LogP contribution in [0.2, 0.25) is 0 Å². The van der Waals surface area contributed by atoms with Crippen molar-refractivity contribution in [2.45, 2.75) is 18.1 Å². The summed E-state index contributed by atoms with van der Waals surface area (Å²) in [6.45, 7) is 1.97. The molecule has 1 aliphatic heterocycles. The maximum atomic E-state index is 15.9. The molecule has 192 valence electrons. The van der Waals surface area contributed by atoms with Gasteiger partial charge in [0.15, 0.2) is 5.60 Å². The highest BCUT2D eigenvalue weighted by molar-refractivity contribution is 5.66. The summed E-state index contributed by atoms with van der Waals surface area (Å²) in [6, 6.07) is 12.1. The largest absolute Gasteiger partial charge is 0.378 e. The lowest BCUT2D eigenvalue weighted by Gasteiger charge is -2.35. The first-order valence-electron chi connectivity index (χ1n) is 11.4. The quantitative estimate of drug-likeness (QED) is 0.378. The second-order valence-corrected chi connectivity index (χ2v) is 8.64. The summed E-state index contributed by atoms with van der Waals surface area (Å²) in [5, 5.41) is 21.5. The summed E-state index contributed by atoms with van der Waals surface area (Å²) < 4.78 is 66.1. The first-order chi connectivity index (χ1) is 17.8. The minimum atomic E-state index is -4.11. The minimum absolute atomic E-state index is 0.424. The number of hydrogen-bond donors (Lipinski definition) is 1. The first kappa shape index (κ1) is 24.8. The standard InChI is InChI=1S/C25H22F4N6O2/c26-19-4-7-21(22(27)13-19)24(36,15-35-16-31-32-33-35)25(28,29)23-8-3-18(14-30-23)17-1-5-20(6-2-17)34-9-11-37-12-10-34/h1-8,13-14,16,36H,9-12,15H2. The van der Waals surface area contributed by atoms with Crippen molar-refractivity contribution in [1.29, 1.82) is 0 Å². The maximum Gasteiger partial charge on any atom is 0.323 e. The number of ether oxygens (including phenoxy) is 1. The van der Waals surface area contributed by atoms with E-state index in [4.69, 9.17) is 4.74 Å². The van der Waals surface area contributed by atoms with Gasteiger partial charge in [0.05, 0.1) is 19.8 Å². The number of aliphatic hydroxyl groups is 1. The molecule has 0 amide bonds. The Labute approximate surface area is 209 Å². The lowest BCUT2D eigenvalue weighted by Crippen LogP contribution is -2.48. The van der Waals surface area contributed by atoms with Gasteiger partial charge in [-0.1, -0.05) is 18.2 Å². The van der Waals surface area contributed by atoms with Crippen LogP contribution in [0.4, 0.5) is 23.2 Å². The van der Waals surface area contributed by atoms with Crippen molar-refractivity contribution < 1.29 is 27.4 Å². The van der Waals surface area contributed by atoms with Gasteiger partial charge >= 0.3 is 5.92 Å². The smallest absolute Gasteiger partial charge is 0.323 e. The Kier molecular flexibility index (Phi) is 6.61. The van der Waals surface area contributed by atoms with Gasteiger partial charge in [0, 0.05) is 42.2 Å². The molecule has 2 aromatic heterocycles. The molecule has 5 rings (SSSR count). The highest BCUT2D eigenvalue weighted by Crippen LogP contribution is 2.46. The number of anilines is 1. The van der Waals surface area contributed by atoms with E-state index in [9.17, 15) is 13.9 Å². The van der Waals surface area contributed by atoms with E-state index >= 15 is 8.78 Å². The predicted octanol–water partition coefficient (Wildman–Crippen LogP) is 3.53. The van der Waals surface area contributed by atoms with Crippen LogP contribution in [0.25, 0.3) is 11.1 Å². The van der Waals surface area contributed by atoms with Gasteiger partial charge in [0.2, 0.25) is 0 Å². The molecule has 0 saturated carbocycles. The van der Waals surface area contributed by atoms with Gasteiger partial charge in [0.25, 0.3) is 0 Å². The van der Waals surface area contributed by atoms with Crippen molar-refractivity contribution in [3.63, 3.8) is 0 Å². The van der Waals surface area contributed by atoms with Gasteiger partial charge in [-0.3, -0.25) is 4.98 Å². The fourth-order valence-corrected chi connectivity index (χ4v) is 4.31. The van der Waals surface area contributed by atoms with Crippen LogP contribution in [0.3, 0.4) is 0 Å². The van der Waals surface area contributed by atoms with Gasteiger partial charge in [-0.05, 0) is 46.3 Å². The molecule has 1 unspecified atom stereocenters. The summed E-state index contributed by atoms with van der Waals surface area (Å²) in [4.78, 5) is 6.10. The molecule has 1 N–H and O–H groups in total. The van der Waals surface area contributed by atoms with Crippen molar-refractivity contribution >= 4 is 5.69 Å². The van der Waals surface area contributed by atoms with E-state index in [1.807, 2.05) is 24.3 Å². The number of nitrogens with zero attached hydrogens (tertiary/aromatic N) is 6. The predicted molar refractivity (Wildman–Crippen MR) is 125 cm³/mol. The van der Waals surface area contributed by atoms with Gasteiger partial charge < -0.3 is 14.7 Å². The minimum Gasteiger partial charge on any atom is -0.378 e. The average molecular weight is 514 g/mol. The van der Waals surface area contributed by atoms with E-state index in [0.717, 1.165) is 53.5 Å². The Hall–Kier alpha value is -3.90. The van der Waals surface area contributed by atoms with Crippen LogP contribution >= 0.6 is 0 Å². The topological polar surface area (TPSA) is 89.2 Å². The molecule has 0 spiro atoms. The molecule has 1 fully saturated rings. The number of benzene rings is 2. The number of morpholine rings is 1. The average Bonchev–Trinajstić information content (AvgIpc) is 3.42. The zero-order valence-electron chi connectivity index (χ0n) is 19.4. The fourth-order valence-electron chi connectivity index (χ4n) is 4.31. The first-order valence-corrected chi connectivity index (χ1v) is 11.4. The molecule has 0 aliphatic carbocycles. The fraction of sp³-hybridized carbons (Fsp3) is 0.280. The van der Waals surface area contributed by atoms with Crippen LogP contribution < -0.4 is 4.90 Å². The molecular formula is C25H22F4N6O2. The Morgan fingerprint density at radius 2 is 1.68 bits per heavy atom. The van der Waals surface area contributed by atoms with E-state index in [2.05, 4.69) is 25.4 Å². The second-order valence-electron chi connectivity index (χ2n) is 8.64. The van der Waals surface area contributed by atoms with Gasteiger partial charge in [0.1, 0.15) is 23.7 Å². The number of alkyl halides is 2. The van der Waals surface area contributed by atoms with Crippen LogP contribution in [-0.2, 0) is 22.8 Å². The molecule has 12 heteroatoms. The third kappa shape index (κ3) is 4.77. The number of pyridine rings is 1. The zero-order valence-corrected chi connectivity index (χ0v) is 19.4. The zero-order chi connectivity index (χ0) is 26.0. The van der Waals surface area contributed by atoms with E-state index < -0.39 is 41.0 Å². The van der Waals surface area contributed by atoms with Crippen LogP contribution in [0.15, 0.2) is 67.1 Å². The Bertz CT molecular complexity index is 1350. The summed E-state index contributed by atoms with van der Waals surface area (Å²) >= 11 is 0. The van der Waals surface area contributed by atoms with E-state index in [1.54, 1.807) is 0 Å². The molecule has 8 nitrogen and oxygen atoms in total. The molecule has 1 atom stereocenters. The molecule has 0 radical (unpaired) electrons. The Morgan fingerprint density at radius 3 is 2.30 bits per heavy atom. The molecule has 0 bridgehead atoms.